The molecular weight excluding hydrogens is 496 g/mol. The number of hydrogen-bond donors (Lipinski definition) is 6. The van der Waals surface area contributed by atoms with Gasteiger partial charge < -0.3 is 40.1 Å². The second kappa shape index (κ2) is 7.82. The zero-order chi connectivity index (χ0) is 27.2. The van der Waals surface area contributed by atoms with Crippen molar-refractivity contribution in [3.05, 3.63) is 35.4 Å². The van der Waals surface area contributed by atoms with E-state index >= 15 is 0 Å². The minimum absolute atomic E-state index is 0.0166. The molecule has 0 aromatic heterocycles. The van der Waals surface area contributed by atoms with Crippen LogP contribution in [-0.4, -0.2) is 54.4 Å². The Balaban J connectivity index is 1.77. The molecular formula is C28H22O10. The normalized spacial score (nSPS) is 18.7. The van der Waals surface area contributed by atoms with Crippen molar-refractivity contribution in [3.8, 4) is 57.1 Å². The molecule has 0 fully saturated rings. The lowest BCUT2D eigenvalue weighted by Crippen LogP contribution is -2.24. The summed E-state index contributed by atoms with van der Waals surface area (Å²) >= 11 is 0. The second-order valence-electron chi connectivity index (χ2n) is 9.73. The highest BCUT2D eigenvalue weighted by molar-refractivity contribution is 6.19. The quantitative estimate of drug-likeness (QED) is 0.209. The van der Waals surface area contributed by atoms with Gasteiger partial charge in [-0.15, -0.1) is 0 Å². The third kappa shape index (κ3) is 3.13. The molecule has 0 radical (unpaired) electrons. The summed E-state index contributed by atoms with van der Waals surface area (Å²) in [5, 5.41) is 65.1. The van der Waals surface area contributed by atoms with Gasteiger partial charge >= 0.3 is 0 Å². The minimum atomic E-state index is -0.557. The maximum Gasteiger partial charge on any atom is 0.174 e. The van der Waals surface area contributed by atoms with Crippen LogP contribution in [-0.2, 0) is 0 Å². The molecule has 0 aliphatic carbocycles. The van der Waals surface area contributed by atoms with Crippen LogP contribution in [0.3, 0.4) is 0 Å². The van der Waals surface area contributed by atoms with Crippen molar-refractivity contribution in [1.82, 2.24) is 0 Å². The van der Waals surface area contributed by atoms with Gasteiger partial charge in [-0.2, -0.15) is 0 Å². The molecule has 2 aliphatic rings. The zero-order valence-corrected chi connectivity index (χ0v) is 20.2. The van der Waals surface area contributed by atoms with E-state index < -0.39 is 58.3 Å². The number of carbonyl (C=O) groups is 2. The molecule has 0 saturated heterocycles. The Morgan fingerprint density at radius 1 is 0.579 bits per heavy atom. The third-order valence-electron chi connectivity index (χ3n) is 7.05. The highest BCUT2D eigenvalue weighted by atomic mass is 16.5. The summed E-state index contributed by atoms with van der Waals surface area (Å²) in [6.07, 6.45) is -0.959. The molecule has 4 aromatic carbocycles. The number of phenolic OH excluding ortho intramolecular Hbond substituents is 6. The van der Waals surface area contributed by atoms with Crippen LogP contribution in [0.2, 0.25) is 0 Å². The molecule has 0 unspecified atom stereocenters. The summed E-state index contributed by atoms with van der Waals surface area (Å²) in [4.78, 5) is 25.4. The predicted octanol–water partition coefficient (Wildman–Crippen LogP) is 4.60. The average Bonchev–Trinajstić information content (AvgIpc) is 2.79. The lowest BCUT2D eigenvalue weighted by atomic mass is 9.87. The predicted molar refractivity (Wildman–Crippen MR) is 135 cm³/mol. The van der Waals surface area contributed by atoms with Gasteiger partial charge in [-0.3, -0.25) is 9.59 Å². The molecule has 10 nitrogen and oxygen atoms in total. The first kappa shape index (κ1) is 23.5. The number of aromatic hydroxyl groups is 6. The van der Waals surface area contributed by atoms with Gasteiger partial charge in [0.15, 0.2) is 11.6 Å². The Kier molecular flexibility index (Phi) is 4.84. The fourth-order valence-corrected chi connectivity index (χ4v) is 5.52. The Labute approximate surface area is 214 Å². The Hall–Kier alpha value is -4.86. The third-order valence-corrected chi connectivity index (χ3v) is 7.05. The van der Waals surface area contributed by atoms with E-state index in [9.17, 15) is 40.2 Å². The van der Waals surface area contributed by atoms with E-state index in [0.717, 1.165) is 12.1 Å². The number of Topliss-reactive ketones (excluding diaryl/α,β-unsaturated/α-hetero) is 2. The van der Waals surface area contributed by atoms with E-state index in [2.05, 4.69) is 0 Å². The summed E-state index contributed by atoms with van der Waals surface area (Å²) in [5.41, 5.74) is -0.422. The van der Waals surface area contributed by atoms with E-state index in [0.29, 0.717) is 0 Å². The molecule has 0 amide bonds. The van der Waals surface area contributed by atoms with Gasteiger partial charge in [-0.05, 0) is 26.0 Å². The van der Waals surface area contributed by atoms with Crippen molar-refractivity contribution in [2.45, 2.75) is 38.9 Å². The van der Waals surface area contributed by atoms with Crippen LogP contribution in [0.1, 0.15) is 47.4 Å². The van der Waals surface area contributed by atoms with Crippen LogP contribution < -0.4 is 9.47 Å². The van der Waals surface area contributed by atoms with Gasteiger partial charge in [0.1, 0.15) is 69.3 Å². The first-order valence-corrected chi connectivity index (χ1v) is 11.9. The second-order valence-corrected chi connectivity index (χ2v) is 9.73. The van der Waals surface area contributed by atoms with Gasteiger partial charge in [-0.25, -0.2) is 0 Å². The molecule has 6 rings (SSSR count). The van der Waals surface area contributed by atoms with Crippen molar-refractivity contribution < 1.29 is 49.7 Å². The fraction of sp³-hybridized carbons (Fsp3) is 0.214. The molecule has 6 N–H and O–H groups in total. The molecule has 0 saturated carbocycles. The van der Waals surface area contributed by atoms with E-state index in [1.54, 1.807) is 13.8 Å². The largest absolute Gasteiger partial charge is 0.507 e. The SMILES string of the molecule is C[C@@H]1CC(=O)c2c(cc3c(-c4c(O)cc(O)c5c(O)c6c(cc45)O[C@@H](C)CC6=O)c(O)cc(O)c3c2O)O1. The number of rotatable bonds is 1. The van der Waals surface area contributed by atoms with Gasteiger partial charge in [0, 0.05) is 46.9 Å². The first-order chi connectivity index (χ1) is 18.0. The van der Waals surface area contributed by atoms with Crippen molar-refractivity contribution in [1.29, 1.82) is 0 Å². The smallest absolute Gasteiger partial charge is 0.174 e. The first-order valence-electron chi connectivity index (χ1n) is 11.9. The van der Waals surface area contributed by atoms with Gasteiger partial charge in [0.2, 0.25) is 0 Å². The van der Waals surface area contributed by atoms with Crippen LogP contribution in [0, 0.1) is 0 Å². The van der Waals surface area contributed by atoms with E-state index in [4.69, 9.17) is 9.47 Å². The van der Waals surface area contributed by atoms with Gasteiger partial charge in [0.25, 0.3) is 0 Å². The van der Waals surface area contributed by atoms with Crippen LogP contribution >= 0.6 is 0 Å². The summed E-state index contributed by atoms with van der Waals surface area (Å²) in [6.45, 7) is 3.35. The lowest BCUT2D eigenvalue weighted by Gasteiger charge is -2.26. The van der Waals surface area contributed by atoms with Crippen LogP contribution in [0.15, 0.2) is 24.3 Å². The topological polar surface area (TPSA) is 174 Å². The van der Waals surface area contributed by atoms with E-state index in [1.807, 2.05) is 0 Å². The number of hydrogen-bond acceptors (Lipinski definition) is 10. The monoisotopic (exact) mass is 518 g/mol. The summed E-state index contributed by atoms with van der Waals surface area (Å²) in [6, 6.07) is 4.62. The molecule has 0 bridgehead atoms. The highest BCUT2D eigenvalue weighted by Crippen LogP contribution is 2.55. The number of ketones is 2. The Bertz CT molecular complexity index is 1620. The lowest BCUT2D eigenvalue weighted by molar-refractivity contribution is 0.0856. The maximum absolute atomic E-state index is 12.7. The molecule has 194 valence electrons. The number of carbonyl (C=O) groups excluding carboxylic acids is 2. The van der Waals surface area contributed by atoms with Crippen LogP contribution in [0.4, 0.5) is 0 Å². The molecule has 2 heterocycles. The van der Waals surface area contributed by atoms with Crippen molar-refractivity contribution in [2.24, 2.45) is 0 Å². The maximum atomic E-state index is 12.7. The molecule has 38 heavy (non-hydrogen) atoms. The van der Waals surface area contributed by atoms with Crippen LogP contribution in [0.5, 0.6) is 46.0 Å². The number of ether oxygens (including phenoxy) is 2. The molecule has 0 spiro atoms. The van der Waals surface area contributed by atoms with Gasteiger partial charge in [-0.1, -0.05) is 0 Å². The van der Waals surface area contributed by atoms with Crippen molar-refractivity contribution >= 4 is 33.1 Å². The van der Waals surface area contributed by atoms with E-state index in [-0.39, 0.29) is 68.1 Å². The molecule has 2 aliphatic heterocycles. The Morgan fingerprint density at radius 2 is 0.947 bits per heavy atom. The standard InChI is InChI=1S/C28H22O10/c1-9-3-13(29)25-19(37-9)5-11-21(15(31)7-17(33)23(11)27(25)35)22-12-6-20-26(14(30)4-10(2)38-20)28(36)24(12)18(34)8-16(22)32/h5-10,31-36H,3-4H2,1-2H3/t9-,10+. The number of fused-ring (bicyclic) bond motifs is 4. The van der Waals surface area contributed by atoms with E-state index in [1.165, 1.54) is 12.1 Å². The summed E-state index contributed by atoms with van der Waals surface area (Å²) in [7, 11) is 0. The highest BCUT2D eigenvalue weighted by Gasteiger charge is 2.34. The number of benzene rings is 4. The van der Waals surface area contributed by atoms with Gasteiger partial charge in [0.05, 0.1) is 10.8 Å². The summed E-state index contributed by atoms with van der Waals surface area (Å²) < 4.78 is 11.5. The molecule has 4 aromatic rings. The molecule has 10 heteroatoms. The molecule has 2 atom stereocenters. The minimum Gasteiger partial charge on any atom is -0.507 e. The fourth-order valence-electron chi connectivity index (χ4n) is 5.52. The zero-order valence-electron chi connectivity index (χ0n) is 20.2. The van der Waals surface area contributed by atoms with Crippen molar-refractivity contribution in [3.63, 3.8) is 0 Å². The number of phenols is 6. The average molecular weight is 518 g/mol. The van der Waals surface area contributed by atoms with Crippen LogP contribution in [0.25, 0.3) is 32.7 Å². The summed E-state index contributed by atoms with van der Waals surface area (Å²) in [5.74, 6) is -3.94. The Morgan fingerprint density at radius 3 is 1.32 bits per heavy atom. The van der Waals surface area contributed by atoms with Crippen molar-refractivity contribution in [2.75, 3.05) is 0 Å².